The fraction of sp³-hybridized carbons (Fsp3) is 0.467. The third-order valence-electron chi connectivity index (χ3n) is 3.89. The quantitative estimate of drug-likeness (QED) is 0.858. The molecule has 2 rings (SSSR count). The highest BCUT2D eigenvalue weighted by Crippen LogP contribution is 2.33. The third kappa shape index (κ3) is 2.48. The normalized spacial score (nSPS) is 22.6. The molecule has 20 heavy (non-hydrogen) atoms. The lowest BCUT2D eigenvalue weighted by Gasteiger charge is -2.33. The number of aliphatic carboxylic acids is 1. The van der Waals surface area contributed by atoms with Crippen molar-refractivity contribution in [2.75, 3.05) is 6.54 Å². The van der Waals surface area contributed by atoms with Gasteiger partial charge in [-0.15, -0.1) is 0 Å². The molecule has 1 N–H and O–H groups in total. The van der Waals surface area contributed by atoms with Crippen LogP contribution in [0.1, 0.15) is 37.7 Å². The van der Waals surface area contributed by atoms with Crippen LogP contribution in [0.15, 0.2) is 22.6 Å². The first kappa shape index (κ1) is 14.4. The summed E-state index contributed by atoms with van der Waals surface area (Å²) in [5, 5.41) is 9.44. The van der Waals surface area contributed by atoms with E-state index in [2.05, 4.69) is 0 Å². The first-order valence-corrected chi connectivity index (χ1v) is 6.79. The second-order valence-corrected chi connectivity index (χ2v) is 5.07. The third-order valence-corrected chi connectivity index (χ3v) is 3.89. The van der Waals surface area contributed by atoms with Crippen LogP contribution in [-0.2, 0) is 9.59 Å². The fourth-order valence-electron chi connectivity index (χ4n) is 2.73. The molecular formula is C15H19NO4. The molecule has 1 aliphatic rings. The SMILES string of the molecule is CCC1(C(=O)O)CCCN1C(=O)/C=C/c1ccc(C)o1. The molecule has 1 saturated heterocycles. The molecule has 0 spiro atoms. The fourth-order valence-corrected chi connectivity index (χ4v) is 2.73. The molecule has 0 saturated carbocycles. The number of rotatable bonds is 4. The van der Waals surface area contributed by atoms with Crippen LogP contribution in [0, 0.1) is 6.92 Å². The standard InChI is InChI=1S/C15H19NO4/c1-3-15(14(18)19)9-4-10-16(15)13(17)8-7-12-6-5-11(2)20-12/h5-8H,3-4,9-10H2,1-2H3,(H,18,19)/b8-7+. The lowest BCUT2D eigenvalue weighted by atomic mass is 9.93. The molecule has 2 heterocycles. The number of carbonyl (C=O) groups excluding carboxylic acids is 1. The van der Waals surface area contributed by atoms with Crippen LogP contribution < -0.4 is 0 Å². The Bertz CT molecular complexity index is 546. The van der Waals surface area contributed by atoms with E-state index in [-0.39, 0.29) is 5.91 Å². The number of likely N-dealkylation sites (tertiary alicyclic amines) is 1. The van der Waals surface area contributed by atoms with Crippen molar-refractivity contribution in [1.29, 1.82) is 0 Å². The summed E-state index contributed by atoms with van der Waals surface area (Å²) in [7, 11) is 0. The number of hydrogen-bond donors (Lipinski definition) is 1. The summed E-state index contributed by atoms with van der Waals surface area (Å²) in [4.78, 5) is 25.2. The van der Waals surface area contributed by atoms with Crippen molar-refractivity contribution in [1.82, 2.24) is 4.90 Å². The van der Waals surface area contributed by atoms with Crippen molar-refractivity contribution < 1.29 is 19.1 Å². The number of furan rings is 1. The van der Waals surface area contributed by atoms with E-state index >= 15 is 0 Å². The lowest BCUT2D eigenvalue weighted by molar-refractivity contribution is -0.155. The van der Waals surface area contributed by atoms with Crippen molar-refractivity contribution in [3.05, 3.63) is 29.7 Å². The summed E-state index contributed by atoms with van der Waals surface area (Å²) >= 11 is 0. The van der Waals surface area contributed by atoms with Gasteiger partial charge < -0.3 is 14.4 Å². The van der Waals surface area contributed by atoms with Crippen molar-refractivity contribution in [3.63, 3.8) is 0 Å². The van der Waals surface area contributed by atoms with Gasteiger partial charge in [0.1, 0.15) is 17.1 Å². The van der Waals surface area contributed by atoms with Crippen LogP contribution in [0.3, 0.4) is 0 Å². The summed E-state index contributed by atoms with van der Waals surface area (Å²) in [5.41, 5.74) is -1.06. The highest BCUT2D eigenvalue weighted by Gasteiger charge is 2.47. The molecule has 1 unspecified atom stereocenters. The van der Waals surface area contributed by atoms with Gasteiger partial charge in [0, 0.05) is 12.6 Å². The van der Waals surface area contributed by atoms with Crippen LogP contribution in [-0.4, -0.2) is 34.0 Å². The summed E-state index contributed by atoms with van der Waals surface area (Å²) in [6.45, 7) is 4.12. The van der Waals surface area contributed by atoms with Gasteiger partial charge in [-0.05, 0) is 44.4 Å². The monoisotopic (exact) mass is 277 g/mol. The zero-order valence-corrected chi connectivity index (χ0v) is 11.8. The number of carboxylic acids is 1. The molecule has 1 aromatic heterocycles. The molecule has 0 aromatic carbocycles. The van der Waals surface area contributed by atoms with E-state index in [0.29, 0.717) is 25.1 Å². The molecule has 1 amide bonds. The zero-order valence-electron chi connectivity index (χ0n) is 11.8. The van der Waals surface area contributed by atoms with E-state index in [1.807, 2.05) is 13.0 Å². The molecule has 1 atom stereocenters. The molecule has 0 aliphatic carbocycles. The van der Waals surface area contributed by atoms with Crippen molar-refractivity contribution in [2.24, 2.45) is 0 Å². The van der Waals surface area contributed by atoms with Gasteiger partial charge in [0.05, 0.1) is 0 Å². The predicted octanol–water partition coefficient (Wildman–Crippen LogP) is 2.46. The van der Waals surface area contributed by atoms with Gasteiger partial charge in [0.15, 0.2) is 0 Å². The minimum Gasteiger partial charge on any atom is -0.479 e. The van der Waals surface area contributed by atoms with Gasteiger partial charge in [-0.2, -0.15) is 0 Å². The molecular weight excluding hydrogens is 258 g/mol. The Morgan fingerprint density at radius 1 is 1.50 bits per heavy atom. The van der Waals surface area contributed by atoms with Crippen LogP contribution in [0.5, 0.6) is 0 Å². The number of nitrogens with zero attached hydrogens (tertiary/aromatic N) is 1. The van der Waals surface area contributed by atoms with E-state index < -0.39 is 11.5 Å². The number of hydrogen-bond acceptors (Lipinski definition) is 3. The van der Waals surface area contributed by atoms with Gasteiger partial charge in [-0.3, -0.25) is 4.79 Å². The second-order valence-electron chi connectivity index (χ2n) is 5.07. The topological polar surface area (TPSA) is 70.8 Å². The van der Waals surface area contributed by atoms with E-state index in [0.717, 1.165) is 12.2 Å². The van der Waals surface area contributed by atoms with Gasteiger partial charge in [0.25, 0.3) is 0 Å². The van der Waals surface area contributed by atoms with Gasteiger partial charge in [-0.1, -0.05) is 6.92 Å². The van der Waals surface area contributed by atoms with E-state index in [9.17, 15) is 14.7 Å². The predicted molar refractivity (Wildman–Crippen MR) is 74.1 cm³/mol. The van der Waals surface area contributed by atoms with Crippen LogP contribution in [0.25, 0.3) is 6.08 Å². The maximum Gasteiger partial charge on any atom is 0.329 e. The Morgan fingerprint density at radius 2 is 2.25 bits per heavy atom. The molecule has 5 heteroatoms. The Balaban J connectivity index is 2.16. The Morgan fingerprint density at radius 3 is 2.80 bits per heavy atom. The number of aryl methyl sites for hydroxylation is 1. The van der Waals surface area contributed by atoms with Crippen LogP contribution in [0.4, 0.5) is 0 Å². The Kier molecular flexibility index (Phi) is 3.97. The maximum atomic E-state index is 12.2. The highest BCUT2D eigenvalue weighted by atomic mass is 16.4. The second kappa shape index (κ2) is 5.53. The number of carboxylic acid groups (broad SMARTS) is 1. The highest BCUT2D eigenvalue weighted by molar-refractivity contribution is 5.96. The van der Waals surface area contributed by atoms with E-state index in [4.69, 9.17) is 4.42 Å². The molecule has 1 fully saturated rings. The van der Waals surface area contributed by atoms with E-state index in [1.54, 1.807) is 19.1 Å². The van der Waals surface area contributed by atoms with E-state index in [1.165, 1.54) is 11.0 Å². The summed E-state index contributed by atoms with van der Waals surface area (Å²) < 4.78 is 5.35. The summed E-state index contributed by atoms with van der Waals surface area (Å²) in [5.74, 6) is 0.160. The Hall–Kier alpha value is -2.04. The minimum absolute atomic E-state index is 0.277. The van der Waals surface area contributed by atoms with Gasteiger partial charge in [-0.25, -0.2) is 4.79 Å². The molecule has 5 nitrogen and oxygen atoms in total. The van der Waals surface area contributed by atoms with Crippen LogP contribution >= 0.6 is 0 Å². The molecule has 0 radical (unpaired) electrons. The first-order valence-electron chi connectivity index (χ1n) is 6.79. The molecule has 1 aromatic rings. The molecule has 108 valence electrons. The van der Waals surface area contributed by atoms with Crippen molar-refractivity contribution >= 4 is 18.0 Å². The Labute approximate surface area is 117 Å². The maximum absolute atomic E-state index is 12.2. The number of amides is 1. The number of carbonyl (C=O) groups is 2. The van der Waals surface area contributed by atoms with Crippen molar-refractivity contribution in [2.45, 2.75) is 38.6 Å². The lowest BCUT2D eigenvalue weighted by Crippen LogP contribution is -2.52. The van der Waals surface area contributed by atoms with Crippen molar-refractivity contribution in [3.8, 4) is 0 Å². The van der Waals surface area contributed by atoms with Gasteiger partial charge in [0.2, 0.25) is 5.91 Å². The summed E-state index contributed by atoms with van der Waals surface area (Å²) in [6.07, 6.45) is 4.62. The van der Waals surface area contributed by atoms with Crippen LogP contribution in [0.2, 0.25) is 0 Å². The average molecular weight is 277 g/mol. The smallest absolute Gasteiger partial charge is 0.329 e. The van der Waals surface area contributed by atoms with Gasteiger partial charge >= 0.3 is 5.97 Å². The average Bonchev–Trinajstić information content (AvgIpc) is 3.02. The molecule has 1 aliphatic heterocycles. The first-order chi connectivity index (χ1) is 9.49. The minimum atomic E-state index is -1.06. The molecule has 0 bridgehead atoms. The summed E-state index contributed by atoms with van der Waals surface area (Å²) in [6, 6.07) is 3.58. The zero-order chi connectivity index (χ0) is 14.8. The largest absolute Gasteiger partial charge is 0.479 e.